The van der Waals surface area contributed by atoms with Gasteiger partial charge in [0.1, 0.15) is 11.6 Å². The minimum absolute atomic E-state index is 0.665. The molecule has 0 saturated heterocycles. The Morgan fingerprint density at radius 1 is 1.20 bits per heavy atom. The molecule has 0 aliphatic rings. The average Bonchev–Trinajstić information content (AvgIpc) is 3.09. The molecule has 0 unspecified atom stereocenters. The number of hydrogen-bond acceptors (Lipinski definition) is 3. The van der Waals surface area contributed by atoms with Crippen molar-refractivity contribution in [1.29, 1.82) is 0 Å². The summed E-state index contributed by atoms with van der Waals surface area (Å²) in [4.78, 5) is 18.3. The Labute approximate surface area is 145 Å². The number of nitrogens with zero attached hydrogens (tertiary/aromatic N) is 1. The first kappa shape index (κ1) is 16.5. The van der Waals surface area contributed by atoms with Crippen molar-refractivity contribution >= 4 is 12.0 Å². The van der Waals surface area contributed by atoms with E-state index in [9.17, 15) is 4.79 Å². The number of aromatic nitrogens is 2. The lowest BCUT2D eigenvalue weighted by molar-refractivity contribution is -0.131. The molecule has 1 heterocycles. The number of carboxylic acids is 1. The van der Waals surface area contributed by atoms with E-state index >= 15 is 0 Å². The zero-order valence-corrected chi connectivity index (χ0v) is 13.8. The number of para-hydroxylation sites is 1. The number of ether oxygens (including phenoxy) is 1. The Balaban J connectivity index is 1.74. The molecule has 0 radical (unpaired) electrons. The van der Waals surface area contributed by atoms with Gasteiger partial charge in [-0.2, -0.15) is 0 Å². The van der Waals surface area contributed by atoms with Crippen LogP contribution in [-0.2, 0) is 11.2 Å². The molecule has 2 aromatic carbocycles. The molecular weight excluding hydrogens is 316 g/mol. The number of nitrogens with one attached hydrogen (secondary N) is 1. The van der Waals surface area contributed by atoms with Gasteiger partial charge in [-0.1, -0.05) is 36.4 Å². The van der Waals surface area contributed by atoms with Crippen molar-refractivity contribution in [3.63, 3.8) is 0 Å². The van der Waals surface area contributed by atoms with Crippen LogP contribution in [0.4, 0.5) is 0 Å². The van der Waals surface area contributed by atoms with Crippen molar-refractivity contribution in [3.8, 4) is 17.0 Å². The van der Waals surface area contributed by atoms with Crippen molar-refractivity contribution < 1.29 is 14.6 Å². The molecule has 0 amide bonds. The Hall–Kier alpha value is -3.34. The minimum Gasteiger partial charge on any atom is -0.496 e. The summed E-state index contributed by atoms with van der Waals surface area (Å²) >= 11 is 0. The summed E-state index contributed by atoms with van der Waals surface area (Å²) < 4.78 is 5.38. The molecule has 5 nitrogen and oxygen atoms in total. The fourth-order valence-electron chi connectivity index (χ4n) is 2.56. The number of rotatable bonds is 6. The van der Waals surface area contributed by atoms with Crippen molar-refractivity contribution in [2.75, 3.05) is 7.11 Å². The number of benzene rings is 2. The second-order valence-electron chi connectivity index (χ2n) is 5.53. The zero-order chi connectivity index (χ0) is 17.6. The van der Waals surface area contributed by atoms with Crippen LogP contribution in [0.2, 0.25) is 0 Å². The van der Waals surface area contributed by atoms with Gasteiger partial charge in [0.25, 0.3) is 0 Å². The van der Waals surface area contributed by atoms with E-state index in [2.05, 4.69) is 9.97 Å². The van der Waals surface area contributed by atoms with Gasteiger partial charge in [-0.15, -0.1) is 0 Å². The van der Waals surface area contributed by atoms with E-state index in [0.29, 0.717) is 6.42 Å². The number of carboxylic acid groups (broad SMARTS) is 1. The van der Waals surface area contributed by atoms with Crippen LogP contribution in [-0.4, -0.2) is 28.2 Å². The SMILES string of the molecule is COc1ccccc1-c1cnc(Cc2ccc(/C=C/C(=O)O)cc2)[nH]1. The minimum atomic E-state index is -0.955. The van der Waals surface area contributed by atoms with Crippen LogP contribution in [0.1, 0.15) is 17.0 Å². The van der Waals surface area contributed by atoms with Gasteiger partial charge in [-0.25, -0.2) is 9.78 Å². The Morgan fingerprint density at radius 3 is 2.68 bits per heavy atom. The normalized spacial score (nSPS) is 10.9. The molecular formula is C20H18N2O3. The Kier molecular flexibility index (Phi) is 4.95. The molecule has 25 heavy (non-hydrogen) atoms. The summed E-state index contributed by atoms with van der Waals surface area (Å²) in [6, 6.07) is 15.5. The largest absolute Gasteiger partial charge is 0.496 e. The molecule has 5 heteroatoms. The maximum Gasteiger partial charge on any atom is 0.328 e. The third kappa shape index (κ3) is 4.14. The molecule has 3 rings (SSSR count). The van der Waals surface area contributed by atoms with E-state index < -0.39 is 5.97 Å². The third-order valence-electron chi connectivity index (χ3n) is 3.80. The maximum atomic E-state index is 10.5. The van der Waals surface area contributed by atoms with E-state index in [1.54, 1.807) is 19.4 Å². The first-order valence-corrected chi connectivity index (χ1v) is 7.83. The number of H-pyrrole nitrogens is 1. The lowest BCUT2D eigenvalue weighted by Gasteiger charge is -2.05. The van der Waals surface area contributed by atoms with Gasteiger partial charge in [0.05, 0.1) is 19.0 Å². The molecule has 0 aliphatic heterocycles. The molecule has 0 saturated carbocycles. The Bertz CT molecular complexity index is 895. The summed E-state index contributed by atoms with van der Waals surface area (Å²) in [5.41, 5.74) is 3.82. The average molecular weight is 334 g/mol. The van der Waals surface area contributed by atoms with Crippen LogP contribution < -0.4 is 4.74 Å². The quantitative estimate of drug-likeness (QED) is 0.673. The van der Waals surface area contributed by atoms with E-state index in [1.807, 2.05) is 48.5 Å². The van der Waals surface area contributed by atoms with Gasteiger partial charge < -0.3 is 14.8 Å². The van der Waals surface area contributed by atoms with Crippen LogP contribution >= 0.6 is 0 Å². The summed E-state index contributed by atoms with van der Waals surface area (Å²) in [6.07, 6.45) is 5.16. The van der Waals surface area contributed by atoms with Gasteiger partial charge in [0, 0.05) is 18.1 Å². The van der Waals surface area contributed by atoms with Crippen molar-refractivity contribution in [3.05, 3.63) is 77.8 Å². The van der Waals surface area contributed by atoms with Gasteiger partial charge in [0.15, 0.2) is 0 Å². The maximum absolute atomic E-state index is 10.5. The second-order valence-corrected chi connectivity index (χ2v) is 5.53. The van der Waals surface area contributed by atoms with Gasteiger partial charge in [-0.3, -0.25) is 0 Å². The molecule has 3 aromatic rings. The molecule has 0 spiro atoms. The first-order valence-electron chi connectivity index (χ1n) is 7.83. The molecule has 2 N–H and O–H groups in total. The number of aromatic amines is 1. The molecule has 0 bridgehead atoms. The van der Waals surface area contributed by atoms with Crippen LogP contribution in [0.15, 0.2) is 60.8 Å². The highest BCUT2D eigenvalue weighted by molar-refractivity contribution is 5.85. The van der Waals surface area contributed by atoms with Gasteiger partial charge in [-0.05, 0) is 29.3 Å². The summed E-state index contributed by atoms with van der Waals surface area (Å²) in [5, 5.41) is 8.65. The zero-order valence-electron chi connectivity index (χ0n) is 13.8. The third-order valence-corrected chi connectivity index (χ3v) is 3.80. The van der Waals surface area contributed by atoms with Crippen LogP contribution in [0.25, 0.3) is 17.3 Å². The highest BCUT2D eigenvalue weighted by Gasteiger charge is 2.08. The summed E-state index contributed by atoms with van der Waals surface area (Å²) in [5.74, 6) is 0.700. The second kappa shape index (κ2) is 7.49. The number of carbonyl (C=O) groups is 1. The van der Waals surface area contributed by atoms with Crippen molar-refractivity contribution in [1.82, 2.24) is 9.97 Å². The monoisotopic (exact) mass is 334 g/mol. The van der Waals surface area contributed by atoms with E-state index in [1.165, 1.54) is 0 Å². The molecule has 0 atom stereocenters. The summed E-state index contributed by atoms with van der Waals surface area (Å²) in [7, 11) is 1.65. The number of methoxy groups -OCH3 is 1. The van der Waals surface area contributed by atoms with E-state index in [-0.39, 0.29) is 0 Å². The molecule has 1 aromatic heterocycles. The molecule has 0 fully saturated rings. The lowest BCUT2D eigenvalue weighted by atomic mass is 10.1. The Morgan fingerprint density at radius 2 is 1.96 bits per heavy atom. The summed E-state index contributed by atoms with van der Waals surface area (Å²) in [6.45, 7) is 0. The lowest BCUT2D eigenvalue weighted by Crippen LogP contribution is -1.92. The van der Waals surface area contributed by atoms with E-state index in [4.69, 9.17) is 9.84 Å². The van der Waals surface area contributed by atoms with Gasteiger partial charge >= 0.3 is 5.97 Å². The fraction of sp³-hybridized carbons (Fsp3) is 0.100. The molecule has 126 valence electrons. The van der Waals surface area contributed by atoms with Crippen LogP contribution in [0, 0.1) is 0 Å². The number of imidazole rings is 1. The van der Waals surface area contributed by atoms with Crippen LogP contribution in [0.5, 0.6) is 5.75 Å². The highest BCUT2D eigenvalue weighted by Crippen LogP contribution is 2.28. The predicted octanol–water partition coefficient (Wildman–Crippen LogP) is 3.77. The van der Waals surface area contributed by atoms with Crippen molar-refractivity contribution in [2.24, 2.45) is 0 Å². The smallest absolute Gasteiger partial charge is 0.328 e. The fourth-order valence-corrected chi connectivity index (χ4v) is 2.56. The number of aliphatic carboxylic acids is 1. The van der Waals surface area contributed by atoms with Crippen molar-refractivity contribution in [2.45, 2.75) is 6.42 Å². The number of hydrogen-bond donors (Lipinski definition) is 2. The first-order chi connectivity index (χ1) is 12.2. The molecule has 0 aliphatic carbocycles. The van der Waals surface area contributed by atoms with Gasteiger partial charge in [0.2, 0.25) is 0 Å². The predicted molar refractivity (Wildman–Crippen MR) is 96.5 cm³/mol. The van der Waals surface area contributed by atoms with E-state index in [0.717, 1.165) is 40.0 Å². The highest BCUT2D eigenvalue weighted by atomic mass is 16.5. The standard InChI is InChI=1S/C20H18N2O3/c1-25-18-5-3-2-4-16(18)17-13-21-19(22-17)12-15-8-6-14(7-9-15)10-11-20(23)24/h2-11,13H,12H2,1H3,(H,21,22)(H,23,24)/b11-10+. The van der Waals surface area contributed by atoms with Crippen LogP contribution in [0.3, 0.4) is 0 Å². The topological polar surface area (TPSA) is 75.2 Å².